The average Bonchev–Trinajstić information content (AvgIpc) is 2.95. The number of amidine groups is 1. The number of sulfonamides is 1. The number of benzene rings is 2. The van der Waals surface area contributed by atoms with Gasteiger partial charge in [-0.05, 0) is 48.6 Å². The van der Waals surface area contributed by atoms with E-state index in [1.807, 2.05) is 38.1 Å². The second-order valence-electron chi connectivity index (χ2n) is 7.56. The molecule has 0 saturated heterocycles. The summed E-state index contributed by atoms with van der Waals surface area (Å²) in [5, 5.41) is 2.90. The Labute approximate surface area is 172 Å². The van der Waals surface area contributed by atoms with Crippen molar-refractivity contribution in [2.24, 2.45) is 10.9 Å². The van der Waals surface area contributed by atoms with E-state index in [1.165, 1.54) is 11.6 Å². The smallest absolute Gasteiger partial charge is 0.263 e. The third-order valence-corrected chi connectivity index (χ3v) is 6.27. The van der Waals surface area contributed by atoms with Crippen molar-refractivity contribution in [2.45, 2.75) is 51.0 Å². The fourth-order valence-electron chi connectivity index (χ4n) is 3.23. The molecule has 1 amide bonds. The number of hydrogen-bond acceptors (Lipinski definition) is 4. The summed E-state index contributed by atoms with van der Waals surface area (Å²) >= 11 is 0. The van der Waals surface area contributed by atoms with E-state index in [1.54, 1.807) is 18.2 Å². The van der Waals surface area contributed by atoms with Crippen molar-refractivity contribution in [1.82, 2.24) is 4.72 Å². The number of carbonyl (C=O) groups excluding carboxylic acids is 1. The molecule has 3 rings (SSSR count). The highest BCUT2D eigenvalue weighted by Crippen LogP contribution is 2.24. The van der Waals surface area contributed by atoms with Gasteiger partial charge in [-0.3, -0.25) is 14.5 Å². The number of aryl methyl sites for hydroxylation is 1. The van der Waals surface area contributed by atoms with Crippen LogP contribution < -0.4 is 10.0 Å². The Bertz CT molecular complexity index is 1010. The van der Waals surface area contributed by atoms with E-state index in [9.17, 15) is 13.2 Å². The Morgan fingerprint density at radius 3 is 2.45 bits per heavy atom. The summed E-state index contributed by atoms with van der Waals surface area (Å²) in [6.45, 7) is 5.93. The van der Waals surface area contributed by atoms with Gasteiger partial charge in [-0.25, -0.2) is 8.42 Å². The molecule has 1 aliphatic heterocycles. The Morgan fingerprint density at radius 1 is 1.10 bits per heavy atom. The van der Waals surface area contributed by atoms with Crippen molar-refractivity contribution in [3.63, 3.8) is 0 Å². The second kappa shape index (κ2) is 8.78. The summed E-state index contributed by atoms with van der Waals surface area (Å²) in [6.07, 6.45) is 3.30. The van der Waals surface area contributed by atoms with E-state index in [0.29, 0.717) is 11.3 Å². The van der Waals surface area contributed by atoms with Gasteiger partial charge in [-0.1, -0.05) is 51.5 Å². The molecule has 29 heavy (non-hydrogen) atoms. The average molecular weight is 414 g/mol. The molecule has 0 fully saturated rings. The highest BCUT2D eigenvalue weighted by Gasteiger charge is 2.32. The molecule has 0 unspecified atom stereocenters. The minimum Gasteiger partial charge on any atom is -0.324 e. The fourth-order valence-corrected chi connectivity index (χ4v) is 4.47. The molecule has 0 radical (unpaired) electrons. The number of aliphatic imine (C=N–C) groups is 1. The molecule has 2 aromatic carbocycles. The van der Waals surface area contributed by atoms with Crippen LogP contribution in [0.25, 0.3) is 0 Å². The lowest BCUT2D eigenvalue weighted by atomic mass is 10.0. The SMILES string of the molecule is CCCCc1ccc(NC(=O)[C@@H](N=C2NS(=O)(=O)c3ccccc32)C(C)C)cc1. The molecule has 1 heterocycles. The van der Waals surface area contributed by atoms with Crippen LogP contribution in [0.4, 0.5) is 5.69 Å². The Kier molecular flexibility index (Phi) is 6.37. The summed E-state index contributed by atoms with van der Waals surface area (Å²) in [5.41, 5.74) is 2.43. The van der Waals surface area contributed by atoms with Crippen molar-refractivity contribution in [3.05, 3.63) is 59.7 Å². The number of amides is 1. The first kappa shape index (κ1) is 21.0. The molecule has 0 spiro atoms. The van der Waals surface area contributed by atoms with E-state index in [-0.39, 0.29) is 22.6 Å². The lowest BCUT2D eigenvalue weighted by Gasteiger charge is -2.17. The van der Waals surface area contributed by atoms with Crippen LogP contribution >= 0.6 is 0 Å². The molecule has 1 atom stereocenters. The van der Waals surface area contributed by atoms with Gasteiger partial charge >= 0.3 is 0 Å². The van der Waals surface area contributed by atoms with Crippen LogP contribution in [-0.2, 0) is 21.2 Å². The van der Waals surface area contributed by atoms with Crippen molar-refractivity contribution in [1.29, 1.82) is 0 Å². The van der Waals surface area contributed by atoms with Crippen LogP contribution in [0.2, 0.25) is 0 Å². The maximum Gasteiger partial charge on any atom is 0.263 e. The van der Waals surface area contributed by atoms with Gasteiger partial charge in [0.05, 0.1) is 4.90 Å². The van der Waals surface area contributed by atoms with E-state index < -0.39 is 16.1 Å². The second-order valence-corrected chi connectivity index (χ2v) is 9.21. The maximum atomic E-state index is 12.9. The molecule has 2 aromatic rings. The lowest BCUT2D eigenvalue weighted by Crippen LogP contribution is -2.34. The van der Waals surface area contributed by atoms with Crippen molar-refractivity contribution in [3.8, 4) is 0 Å². The first-order valence-corrected chi connectivity index (χ1v) is 11.4. The molecule has 1 aliphatic rings. The summed E-state index contributed by atoms with van der Waals surface area (Å²) in [5.74, 6) is -0.162. The molecule has 2 N–H and O–H groups in total. The third-order valence-electron chi connectivity index (χ3n) is 4.87. The van der Waals surface area contributed by atoms with Gasteiger partial charge in [0.1, 0.15) is 11.9 Å². The molecule has 6 nitrogen and oxygen atoms in total. The minimum absolute atomic E-state index is 0.108. The van der Waals surface area contributed by atoms with Crippen LogP contribution in [0.3, 0.4) is 0 Å². The number of hydrogen-bond donors (Lipinski definition) is 2. The monoisotopic (exact) mass is 413 g/mol. The van der Waals surface area contributed by atoms with Gasteiger partial charge in [0.15, 0.2) is 0 Å². The molecule has 0 aromatic heterocycles. The van der Waals surface area contributed by atoms with E-state index in [2.05, 4.69) is 22.0 Å². The van der Waals surface area contributed by atoms with Crippen LogP contribution in [0.5, 0.6) is 0 Å². The van der Waals surface area contributed by atoms with Gasteiger partial charge in [0, 0.05) is 11.3 Å². The molecule has 154 valence electrons. The van der Waals surface area contributed by atoms with Gasteiger partial charge in [0.2, 0.25) is 5.91 Å². The number of rotatable bonds is 7. The molecule has 0 saturated carbocycles. The quantitative estimate of drug-likeness (QED) is 0.725. The summed E-state index contributed by atoms with van der Waals surface area (Å²) in [4.78, 5) is 17.5. The largest absolute Gasteiger partial charge is 0.324 e. The highest BCUT2D eigenvalue weighted by atomic mass is 32.2. The molecule has 7 heteroatoms. The molecule has 0 aliphatic carbocycles. The molecular formula is C22H27N3O3S. The Hall–Kier alpha value is -2.67. The zero-order valence-corrected chi connectivity index (χ0v) is 17.8. The van der Waals surface area contributed by atoms with Gasteiger partial charge in [-0.2, -0.15) is 0 Å². The van der Waals surface area contributed by atoms with Crippen molar-refractivity contribution in [2.75, 3.05) is 5.32 Å². The number of nitrogens with zero attached hydrogens (tertiary/aromatic N) is 1. The van der Waals surface area contributed by atoms with Crippen LogP contribution in [0.15, 0.2) is 58.4 Å². The van der Waals surface area contributed by atoms with Crippen LogP contribution in [0.1, 0.15) is 44.7 Å². The lowest BCUT2D eigenvalue weighted by molar-refractivity contribution is -0.118. The first-order valence-electron chi connectivity index (χ1n) is 9.91. The van der Waals surface area contributed by atoms with E-state index >= 15 is 0 Å². The fraction of sp³-hybridized carbons (Fsp3) is 0.364. The zero-order valence-electron chi connectivity index (χ0n) is 17.0. The number of nitrogens with one attached hydrogen (secondary N) is 2. The standard InChI is InChI=1S/C22H27N3O3S/c1-4-5-8-16-11-13-17(14-12-16)23-22(26)20(15(2)3)24-21-18-9-6-7-10-19(18)29(27,28)25-21/h6-7,9-15,20H,4-5,8H2,1-3H3,(H,23,26)(H,24,25)/t20-/m0/s1. The number of fused-ring (bicyclic) bond motifs is 1. The predicted octanol–water partition coefficient (Wildman–Crippen LogP) is 3.73. The van der Waals surface area contributed by atoms with Crippen LogP contribution in [-0.4, -0.2) is 26.2 Å². The van der Waals surface area contributed by atoms with Gasteiger partial charge in [-0.15, -0.1) is 0 Å². The number of unbranched alkanes of at least 4 members (excludes halogenated alkanes) is 1. The molecular weight excluding hydrogens is 386 g/mol. The summed E-state index contributed by atoms with van der Waals surface area (Å²) in [6, 6.07) is 13.7. The topological polar surface area (TPSA) is 87.6 Å². The first-order chi connectivity index (χ1) is 13.8. The highest BCUT2D eigenvalue weighted by molar-refractivity contribution is 7.90. The summed E-state index contributed by atoms with van der Waals surface area (Å²) < 4.78 is 27.0. The number of anilines is 1. The molecule has 0 bridgehead atoms. The predicted molar refractivity (Wildman–Crippen MR) is 116 cm³/mol. The zero-order chi connectivity index (χ0) is 21.0. The van der Waals surface area contributed by atoms with E-state index in [4.69, 9.17) is 0 Å². The van der Waals surface area contributed by atoms with E-state index in [0.717, 1.165) is 19.3 Å². The Morgan fingerprint density at radius 2 is 1.79 bits per heavy atom. The third kappa shape index (κ3) is 4.85. The maximum absolute atomic E-state index is 12.9. The van der Waals surface area contributed by atoms with Crippen LogP contribution in [0, 0.1) is 5.92 Å². The minimum atomic E-state index is -3.64. The summed E-state index contributed by atoms with van der Waals surface area (Å²) in [7, 11) is -3.64. The van der Waals surface area contributed by atoms with Gasteiger partial charge < -0.3 is 5.32 Å². The van der Waals surface area contributed by atoms with Crippen molar-refractivity contribution < 1.29 is 13.2 Å². The van der Waals surface area contributed by atoms with Gasteiger partial charge in [0.25, 0.3) is 10.0 Å². The normalized spacial score (nSPS) is 17.0. The number of carbonyl (C=O) groups is 1. The van der Waals surface area contributed by atoms with Crippen molar-refractivity contribution >= 4 is 27.5 Å². The Balaban J connectivity index is 1.80.